The van der Waals surface area contributed by atoms with Gasteiger partial charge in [0.05, 0.1) is 35.2 Å². The highest BCUT2D eigenvalue weighted by Gasteiger charge is 2.26. The second kappa shape index (κ2) is 8.34. The van der Waals surface area contributed by atoms with Crippen molar-refractivity contribution >= 4 is 21.4 Å². The first-order chi connectivity index (χ1) is 14.5. The Kier molecular flexibility index (Phi) is 5.62. The monoisotopic (exact) mass is 427 g/mol. The van der Waals surface area contributed by atoms with E-state index in [9.17, 15) is 13.2 Å². The second-order valence-electron chi connectivity index (χ2n) is 6.77. The summed E-state index contributed by atoms with van der Waals surface area (Å²) in [5.74, 6) is 0. The minimum absolute atomic E-state index is 0.188. The summed E-state index contributed by atoms with van der Waals surface area (Å²) in [4.78, 5) is 12.8. The number of hydrogen-bond donors (Lipinski definition) is 1. The highest BCUT2D eigenvalue weighted by Crippen LogP contribution is 2.23. The molecule has 0 amide bonds. The highest BCUT2D eigenvalue weighted by molar-refractivity contribution is 7.89. The van der Waals surface area contributed by atoms with Gasteiger partial charge in [-0.3, -0.25) is 9.89 Å². The lowest BCUT2D eigenvalue weighted by molar-refractivity contribution is 0.0730. The van der Waals surface area contributed by atoms with E-state index in [2.05, 4.69) is 15.3 Å². The van der Waals surface area contributed by atoms with Crippen molar-refractivity contribution < 1.29 is 13.2 Å². The number of H-pyrrole nitrogens is 1. The zero-order valence-corrected chi connectivity index (χ0v) is 17.2. The molecule has 1 N–H and O–H groups in total. The van der Waals surface area contributed by atoms with Crippen molar-refractivity contribution in [2.75, 3.05) is 26.3 Å². The van der Waals surface area contributed by atoms with Crippen LogP contribution in [0.25, 0.3) is 5.69 Å². The quantitative estimate of drug-likeness (QED) is 0.631. The van der Waals surface area contributed by atoms with E-state index in [0.29, 0.717) is 43.4 Å². The van der Waals surface area contributed by atoms with Gasteiger partial charge in [-0.25, -0.2) is 13.1 Å². The van der Waals surface area contributed by atoms with E-state index in [1.165, 1.54) is 21.1 Å². The average molecular weight is 427 g/mol. The van der Waals surface area contributed by atoms with E-state index in [1.807, 2.05) is 30.3 Å². The SMILES string of the molecule is Cc1[nH]n(-c2ccccc2)c(=O)c1N=Nc1ccc(S(=O)(=O)N2CCOCC2)cc1. The first kappa shape index (κ1) is 20.2. The second-order valence-corrected chi connectivity index (χ2v) is 8.71. The lowest BCUT2D eigenvalue weighted by Crippen LogP contribution is -2.40. The number of ether oxygens (including phenoxy) is 1. The van der Waals surface area contributed by atoms with Crippen molar-refractivity contribution in [2.45, 2.75) is 11.8 Å². The Bertz CT molecular complexity index is 1210. The van der Waals surface area contributed by atoms with E-state index in [4.69, 9.17) is 4.74 Å². The summed E-state index contributed by atoms with van der Waals surface area (Å²) in [6, 6.07) is 15.3. The number of sulfonamides is 1. The number of aromatic nitrogens is 2. The fourth-order valence-corrected chi connectivity index (χ4v) is 4.55. The zero-order valence-electron chi connectivity index (χ0n) is 16.4. The first-order valence-corrected chi connectivity index (χ1v) is 10.9. The van der Waals surface area contributed by atoms with Crippen molar-refractivity contribution in [3.05, 3.63) is 70.6 Å². The molecule has 0 aliphatic carbocycles. The molecule has 3 aromatic rings. The Morgan fingerprint density at radius 2 is 1.63 bits per heavy atom. The van der Waals surface area contributed by atoms with Gasteiger partial charge in [-0.05, 0) is 43.3 Å². The zero-order chi connectivity index (χ0) is 21.1. The molecule has 0 saturated carbocycles. The van der Waals surface area contributed by atoms with Crippen LogP contribution in [-0.2, 0) is 14.8 Å². The molecule has 0 spiro atoms. The minimum atomic E-state index is -3.56. The summed E-state index contributed by atoms with van der Waals surface area (Å²) < 4.78 is 33.4. The number of aryl methyl sites for hydroxylation is 1. The van der Waals surface area contributed by atoms with Crippen LogP contribution in [0.2, 0.25) is 0 Å². The normalized spacial score (nSPS) is 15.6. The third kappa shape index (κ3) is 3.97. The summed E-state index contributed by atoms with van der Waals surface area (Å²) in [7, 11) is -3.56. The van der Waals surface area contributed by atoms with Gasteiger partial charge in [0.2, 0.25) is 10.0 Å². The molecule has 2 heterocycles. The van der Waals surface area contributed by atoms with Crippen LogP contribution in [0.5, 0.6) is 0 Å². The molecule has 30 heavy (non-hydrogen) atoms. The third-order valence-corrected chi connectivity index (χ3v) is 6.68. The predicted octanol–water partition coefficient (Wildman–Crippen LogP) is 2.91. The lowest BCUT2D eigenvalue weighted by atomic mass is 10.3. The van der Waals surface area contributed by atoms with E-state index < -0.39 is 10.0 Å². The maximum Gasteiger partial charge on any atom is 0.299 e. The van der Waals surface area contributed by atoms with Gasteiger partial charge < -0.3 is 4.74 Å². The molecule has 0 bridgehead atoms. The predicted molar refractivity (Wildman–Crippen MR) is 111 cm³/mol. The van der Waals surface area contributed by atoms with Gasteiger partial charge in [0.25, 0.3) is 5.56 Å². The Balaban J connectivity index is 1.56. The summed E-state index contributed by atoms with van der Waals surface area (Å²) in [5, 5.41) is 11.2. The van der Waals surface area contributed by atoms with Crippen molar-refractivity contribution in [2.24, 2.45) is 10.2 Å². The number of para-hydroxylation sites is 1. The van der Waals surface area contributed by atoms with Crippen LogP contribution in [0.15, 0.2) is 74.5 Å². The molecule has 1 aliphatic heterocycles. The molecule has 0 atom stereocenters. The molecule has 4 rings (SSSR count). The van der Waals surface area contributed by atoms with Gasteiger partial charge in [-0.2, -0.15) is 9.42 Å². The number of nitrogens with one attached hydrogen (secondary N) is 1. The van der Waals surface area contributed by atoms with Gasteiger partial charge in [0, 0.05) is 13.1 Å². The van der Waals surface area contributed by atoms with Crippen molar-refractivity contribution in [3.63, 3.8) is 0 Å². The molecular weight excluding hydrogens is 406 g/mol. The van der Waals surface area contributed by atoms with Crippen LogP contribution >= 0.6 is 0 Å². The first-order valence-electron chi connectivity index (χ1n) is 9.43. The van der Waals surface area contributed by atoms with E-state index in [0.717, 1.165) is 0 Å². The van der Waals surface area contributed by atoms with Crippen molar-refractivity contribution in [1.29, 1.82) is 0 Å². The Labute approximate surface area is 173 Å². The lowest BCUT2D eigenvalue weighted by Gasteiger charge is -2.25. The van der Waals surface area contributed by atoms with Crippen molar-refractivity contribution in [3.8, 4) is 5.69 Å². The van der Waals surface area contributed by atoms with Crippen LogP contribution < -0.4 is 5.56 Å². The molecule has 10 heteroatoms. The van der Waals surface area contributed by atoms with Crippen LogP contribution in [0, 0.1) is 6.92 Å². The topological polar surface area (TPSA) is 109 Å². The van der Waals surface area contributed by atoms with Gasteiger partial charge in [0.1, 0.15) is 0 Å². The number of benzene rings is 2. The summed E-state index contributed by atoms with van der Waals surface area (Å²) >= 11 is 0. The molecule has 156 valence electrons. The third-order valence-electron chi connectivity index (χ3n) is 4.76. The van der Waals surface area contributed by atoms with E-state index >= 15 is 0 Å². The van der Waals surface area contributed by atoms with Crippen LogP contribution in [-0.4, -0.2) is 48.8 Å². The molecule has 1 aliphatic rings. The maximum atomic E-state index is 12.7. The maximum absolute atomic E-state index is 12.7. The van der Waals surface area contributed by atoms with E-state index in [-0.39, 0.29) is 16.1 Å². The fourth-order valence-electron chi connectivity index (χ4n) is 3.14. The Hall–Kier alpha value is -3.08. The molecular formula is C20H21N5O4S. The smallest absolute Gasteiger partial charge is 0.299 e. The Morgan fingerprint density at radius 1 is 0.967 bits per heavy atom. The number of nitrogens with zero attached hydrogens (tertiary/aromatic N) is 4. The number of morpholine rings is 1. The minimum Gasteiger partial charge on any atom is -0.379 e. The van der Waals surface area contributed by atoms with Crippen LogP contribution in [0.4, 0.5) is 11.4 Å². The molecule has 0 unspecified atom stereocenters. The summed E-state index contributed by atoms with van der Waals surface area (Å²) in [6.45, 7) is 3.20. The van der Waals surface area contributed by atoms with E-state index in [1.54, 1.807) is 19.1 Å². The average Bonchev–Trinajstić information content (AvgIpc) is 3.07. The standard InChI is InChI=1S/C20H21N5O4S/c1-15-19(20(26)25(23-15)17-5-3-2-4-6-17)22-21-16-7-9-18(10-8-16)30(27,28)24-11-13-29-14-12-24/h2-10,23H,11-14H2,1H3. The molecule has 1 fully saturated rings. The number of hydrogen-bond acceptors (Lipinski definition) is 6. The van der Waals surface area contributed by atoms with Gasteiger partial charge in [-0.1, -0.05) is 18.2 Å². The summed E-state index contributed by atoms with van der Waals surface area (Å²) in [6.07, 6.45) is 0. The van der Waals surface area contributed by atoms with Gasteiger partial charge >= 0.3 is 0 Å². The molecule has 2 aromatic carbocycles. The molecule has 1 aromatic heterocycles. The highest BCUT2D eigenvalue weighted by atomic mass is 32.2. The van der Waals surface area contributed by atoms with Crippen LogP contribution in [0.1, 0.15) is 5.69 Å². The number of aromatic amines is 1. The van der Waals surface area contributed by atoms with Gasteiger partial charge in [-0.15, -0.1) is 5.11 Å². The fraction of sp³-hybridized carbons (Fsp3) is 0.250. The number of rotatable bonds is 5. The number of azo groups is 1. The summed E-state index contributed by atoms with van der Waals surface area (Å²) in [5.41, 5.74) is 1.61. The van der Waals surface area contributed by atoms with Gasteiger partial charge in [0.15, 0.2) is 5.69 Å². The molecule has 9 nitrogen and oxygen atoms in total. The Morgan fingerprint density at radius 3 is 2.30 bits per heavy atom. The van der Waals surface area contributed by atoms with Crippen molar-refractivity contribution in [1.82, 2.24) is 14.1 Å². The molecule has 1 saturated heterocycles. The molecule has 0 radical (unpaired) electrons. The van der Waals surface area contributed by atoms with Crippen LogP contribution in [0.3, 0.4) is 0 Å². The largest absolute Gasteiger partial charge is 0.379 e.